The fourth-order valence-electron chi connectivity index (χ4n) is 3.65. The number of likely N-dealkylation sites (tertiary alicyclic amines) is 1. The second kappa shape index (κ2) is 8.97. The number of amides is 1. The maximum absolute atomic E-state index is 12.5. The van der Waals surface area contributed by atoms with Gasteiger partial charge in [0.25, 0.3) is 5.91 Å². The van der Waals surface area contributed by atoms with Crippen LogP contribution in [0.5, 0.6) is 0 Å². The summed E-state index contributed by atoms with van der Waals surface area (Å²) >= 11 is 0. The molecule has 1 heterocycles. The lowest BCUT2D eigenvalue weighted by Gasteiger charge is -2.34. The van der Waals surface area contributed by atoms with Crippen LogP contribution in [0.4, 0.5) is 0 Å². The number of hydrogen-bond acceptors (Lipinski definition) is 3. The Labute approximate surface area is 156 Å². The summed E-state index contributed by atoms with van der Waals surface area (Å²) in [6.45, 7) is 3.42. The molecule has 138 valence electrons. The molecular formula is C22H28N2O2. The highest BCUT2D eigenvalue weighted by molar-refractivity contribution is 5.93. The molecule has 2 aromatic carbocycles. The molecule has 1 saturated heterocycles. The molecule has 3 rings (SSSR count). The van der Waals surface area contributed by atoms with Crippen molar-refractivity contribution in [1.82, 2.24) is 9.80 Å². The van der Waals surface area contributed by atoms with Crippen molar-refractivity contribution in [2.45, 2.75) is 18.9 Å². The van der Waals surface area contributed by atoms with Crippen molar-refractivity contribution in [2.75, 3.05) is 33.2 Å². The second-order valence-corrected chi connectivity index (χ2v) is 7.22. The molecule has 0 saturated carbocycles. The van der Waals surface area contributed by atoms with Crippen LogP contribution in [0.15, 0.2) is 60.7 Å². The van der Waals surface area contributed by atoms with Gasteiger partial charge in [-0.2, -0.15) is 0 Å². The van der Waals surface area contributed by atoms with Crippen LogP contribution in [0.3, 0.4) is 0 Å². The molecule has 0 radical (unpaired) electrons. The van der Waals surface area contributed by atoms with Crippen molar-refractivity contribution in [3.8, 4) is 0 Å². The van der Waals surface area contributed by atoms with E-state index in [-0.39, 0.29) is 5.91 Å². The summed E-state index contributed by atoms with van der Waals surface area (Å²) in [7, 11) is 1.89. The second-order valence-electron chi connectivity index (χ2n) is 7.22. The number of hydrogen-bond donors (Lipinski definition) is 1. The number of carbonyl (C=O) groups is 1. The summed E-state index contributed by atoms with van der Waals surface area (Å²) in [6.07, 6.45) is 1.69. The van der Waals surface area contributed by atoms with Crippen molar-refractivity contribution in [3.05, 3.63) is 71.8 Å². The number of aliphatic hydroxyl groups is 1. The number of piperidine rings is 1. The number of aliphatic hydroxyl groups excluding tert-OH is 1. The minimum absolute atomic E-state index is 0.0903. The van der Waals surface area contributed by atoms with Gasteiger partial charge in [-0.25, -0.2) is 0 Å². The first-order chi connectivity index (χ1) is 12.6. The lowest BCUT2D eigenvalue weighted by molar-refractivity contribution is 0.0681. The molecule has 2 aromatic rings. The van der Waals surface area contributed by atoms with Gasteiger partial charge in [-0.15, -0.1) is 0 Å². The zero-order chi connectivity index (χ0) is 18.4. The lowest BCUT2D eigenvalue weighted by Crippen LogP contribution is -2.40. The summed E-state index contributed by atoms with van der Waals surface area (Å²) in [6, 6.07) is 19.3. The Bertz CT molecular complexity index is 682. The number of β-amino-alcohol motifs (C(OH)–C–C–N with tert-alkyl or cyclic N) is 1. The molecule has 0 bridgehead atoms. The molecule has 1 fully saturated rings. The summed E-state index contributed by atoms with van der Waals surface area (Å²) < 4.78 is 0. The molecule has 1 atom stereocenters. The molecule has 26 heavy (non-hydrogen) atoms. The van der Waals surface area contributed by atoms with E-state index in [9.17, 15) is 9.90 Å². The van der Waals surface area contributed by atoms with Crippen LogP contribution < -0.4 is 0 Å². The van der Waals surface area contributed by atoms with Crippen LogP contribution in [-0.4, -0.2) is 54.0 Å². The molecule has 0 spiro atoms. The first-order valence-electron chi connectivity index (χ1n) is 9.39. The van der Waals surface area contributed by atoms with Gasteiger partial charge in [-0.3, -0.25) is 4.79 Å². The van der Waals surface area contributed by atoms with Crippen LogP contribution in [0.25, 0.3) is 0 Å². The Balaban J connectivity index is 1.44. The Morgan fingerprint density at radius 1 is 1.08 bits per heavy atom. The molecule has 0 unspecified atom stereocenters. The smallest absolute Gasteiger partial charge is 0.253 e. The van der Waals surface area contributed by atoms with Crippen LogP contribution in [0.1, 0.15) is 34.9 Å². The Morgan fingerprint density at radius 2 is 1.65 bits per heavy atom. The largest absolute Gasteiger partial charge is 0.387 e. The Hall–Kier alpha value is -2.17. The van der Waals surface area contributed by atoms with Gasteiger partial charge in [-0.05, 0) is 49.5 Å². The van der Waals surface area contributed by atoms with E-state index in [0.717, 1.165) is 43.6 Å². The molecule has 0 aliphatic carbocycles. The lowest BCUT2D eigenvalue weighted by atomic mass is 9.95. The predicted molar refractivity (Wildman–Crippen MR) is 104 cm³/mol. The van der Waals surface area contributed by atoms with E-state index in [1.165, 1.54) is 0 Å². The molecule has 1 aliphatic rings. The van der Waals surface area contributed by atoms with Gasteiger partial charge < -0.3 is 14.9 Å². The fraction of sp³-hybridized carbons (Fsp3) is 0.409. The van der Waals surface area contributed by atoms with Crippen molar-refractivity contribution in [1.29, 1.82) is 0 Å². The topological polar surface area (TPSA) is 43.8 Å². The summed E-state index contributed by atoms with van der Waals surface area (Å²) in [5.41, 5.74) is 1.72. The van der Waals surface area contributed by atoms with Gasteiger partial charge in [0.05, 0.1) is 6.10 Å². The Kier molecular flexibility index (Phi) is 6.42. The quantitative estimate of drug-likeness (QED) is 0.868. The summed E-state index contributed by atoms with van der Waals surface area (Å²) in [4.78, 5) is 16.6. The number of nitrogens with zero attached hydrogens (tertiary/aromatic N) is 2. The van der Waals surface area contributed by atoms with E-state index < -0.39 is 6.10 Å². The summed E-state index contributed by atoms with van der Waals surface area (Å²) in [5.74, 6) is 0.616. The van der Waals surface area contributed by atoms with E-state index in [1.807, 2.05) is 72.6 Å². The zero-order valence-electron chi connectivity index (χ0n) is 15.4. The molecule has 4 heteroatoms. The highest BCUT2D eigenvalue weighted by Crippen LogP contribution is 2.21. The molecule has 1 N–H and O–H groups in total. The highest BCUT2D eigenvalue weighted by atomic mass is 16.3. The van der Waals surface area contributed by atoms with Crippen molar-refractivity contribution in [3.63, 3.8) is 0 Å². The van der Waals surface area contributed by atoms with Crippen LogP contribution >= 0.6 is 0 Å². The molecule has 1 aliphatic heterocycles. The van der Waals surface area contributed by atoms with Crippen LogP contribution in [0.2, 0.25) is 0 Å². The minimum Gasteiger partial charge on any atom is -0.387 e. The van der Waals surface area contributed by atoms with E-state index in [4.69, 9.17) is 0 Å². The van der Waals surface area contributed by atoms with Gasteiger partial charge in [0.15, 0.2) is 0 Å². The standard InChI is InChI=1S/C22H28N2O2/c1-23(22(26)20-10-6-3-7-11-20)16-18-12-14-24(15-13-18)17-21(25)19-8-4-2-5-9-19/h2-11,18,21,25H,12-17H2,1H3/t21-/m0/s1. The van der Waals surface area contributed by atoms with E-state index >= 15 is 0 Å². The number of carbonyl (C=O) groups excluding carboxylic acids is 1. The fourth-order valence-corrected chi connectivity index (χ4v) is 3.65. The molecule has 0 aromatic heterocycles. The monoisotopic (exact) mass is 352 g/mol. The first-order valence-corrected chi connectivity index (χ1v) is 9.39. The van der Waals surface area contributed by atoms with Gasteiger partial charge in [0.2, 0.25) is 0 Å². The molecular weight excluding hydrogens is 324 g/mol. The van der Waals surface area contributed by atoms with Gasteiger partial charge >= 0.3 is 0 Å². The minimum atomic E-state index is -0.435. The molecule has 4 nitrogen and oxygen atoms in total. The zero-order valence-corrected chi connectivity index (χ0v) is 15.4. The van der Waals surface area contributed by atoms with Crippen LogP contribution in [0, 0.1) is 5.92 Å². The Morgan fingerprint density at radius 3 is 2.27 bits per heavy atom. The number of rotatable bonds is 6. The first kappa shape index (κ1) is 18.6. The van der Waals surface area contributed by atoms with Gasteiger partial charge in [-0.1, -0.05) is 48.5 Å². The third kappa shape index (κ3) is 4.93. The number of benzene rings is 2. The van der Waals surface area contributed by atoms with Gasteiger partial charge in [0.1, 0.15) is 0 Å². The van der Waals surface area contributed by atoms with E-state index in [2.05, 4.69) is 4.90 Å². The van der Waals surface area contributed by atoms with E-state index in [0.29, 0.717) is 12.5 Å². The van der Waals surface area contributed by atoms with E-state index in [1.54, 1.807) is 0 Å². The third-order valence-corrected chi connectivity index (χ3v) is 5.22. The van der Waals surface area contributed by atoms with Gasteiger partial charge in [0, 0.05) is 25.7 Å². The third-order valence-electron chi connectivity index (χ3n) is 5.22. The summed E-state index contributed by atoms with van der Waals surface area (Å²) in [5, 5.41) is 10.4. The van der Waals surface area contributed by atoms with Crippen LogP contribution in [-0.2, 0) is 0 Å². The normalized spacial score (nSPS) is 17.0. The predicted octanol–water partition coefficient (Wildman–Crippen LogP) is 3.20. The average Bonchev–Trinajstić information content (AvgIpc) is 2.70. The average molecular weight is 352 g/mol. The SMILES string of the molecule is CN(CC1CCN(C[C@H](O)c2ccccc2)CC1)C(=O)c1ccccc1. The molecule has 1 amide bonds. The van der Waals surface area contributed by atoms with Crippen molar-refractivity contribution >= 4 is 5.91 Å². The van der Waals surface area contributed by atoms with Crippen molar-refractivity contribution < 1.29 is 9.90 Å². The maximum atomic E-state index is 12.5. The van der Waals surface area contributed by atoms with Crippen molar-refractivity contribution in [2.24, 2.45) is 5.92 Å². The maximum Gasteiger partial charge on any atom is 0.253 e. The highest BCUT2D eigenvalue weighted by Gasteiger charge is 2.24.